The smallest absolute Gasteiger partial charge is 0.229 e. The number of carbonyl (C=O) groups is 1. The number of amides is 1. The van der Waals surface area contributed by atoms with Crippen molar-refractivity contribution in [3.05, 3.63) is 35.9 Å². The molecule has 4 atom stereocenters. The number of likely N-dealkylation sites (tertiary alicyclic amines) is 1. The van der Waals surface area contributed by atoms with Gasteiger partial charge in [0, 0.05) is 19.1 Å². The third-order valence-corrected chi connectivity index (χ3v) is 5.14. The summed E-state index contributed by atoms with van der Waals surface area (Å²) in [6.07, 6.45) is 3.58. The number of carbonyl (C=O) groups excluding carboxylic acids is 1. The summed E-state index contributed by atoms with van der Waals surface area (Å²) in [5, 5.41) is 0. The second kappa shape index (κ2) is 5.57. The van der Waals surface area contributed by atoms with Crippen molar-refractivity contribution in [1.29, 1.82) is 0 Å². The predicted octanol–water partition coefficient (Wildman–Crippen LogP) is 2.38. The summed E-state index contributed by atoms with van der Waals surface area (Å²) >= 11 is 0. The van der Waals surface area contributed by atoms with Crippen LogP contribution in [0.2, 0.25) is 0 Å². The molecule has 108 valence electrons. The maximum Gasteiger partial charge on any atom is 0.229 e. The van der Waals surface area contributed by atoms with Crippen LogP contribution in [0.3, 0.4) is 0 Å². The Kier molecular flexibility index (Phi) is 3.79. The lowest BCUT2D eigenvalue weighted by atomic mass is 9.78. The minimum absolute atomic E-state index is 0.0485. The van der Waals surface area contributed by atoms with E-state index in [4.69, 9.17) is 5.73 Å². The molecule has 3 rings (SSSR count). The Bertz CT molecular complexity index is 473. The van der Waals surface area contributed by atoms with Crippen molar-refractivity contribution in [3.8, 4) is 0 Å². The normalized spacial score (nSPS) is 30.9. The van der Waals surface area contributed by atoms with E-state index < -0.39 is 0 Å². The molecule has 0 spiro atoms. The van der Waals surface area contributed by atoms with E-state index in [-0.39, 0.29) is 11.8 Å². The lowest BCUT2D eigenvalue weighted by Gasteiger charge is -2.29. The van der Waals surface area contributed by atoms with Crippen molar-refractivity contribution in [2.75, 3.05) is 13.1 Å². The van der Waals surface area contributed by atoms with Crippen LogP contribution in [0.5, 0.6) is 0 Å². The average Bonchev–Trinajstić information content (AvgIpc) is 2.92. The topological polar surface area (TPSA) is 46.3 Å². The minimum atomic E-state index is -0.0485. The molecule has 0 radical (unpaired) electrons. The third-order valence-electron chi connectivity index (χ3n) is 5.14. The van der Waals surface area contributed by atoms with E-state index in [1.165, 1.54) is 12.8 Å². The molecule has 0 bridgehead atoms. The van der Waals surface area contributed by atoms with E-state index in [0.29, 0.717) is 17.9 Å². The van der Waals surface area contributed by atoms with Crippen molar-refractivity contribution in [1.82, 2.24) is 4.90 Å². The van der Waals surface area contributed by atoms with Gasteiger partial charge < -0.3 is 10.6 Å². The first-order valence-corrected chi connectivity index (χ1v) is 7.76. The standard InChI is InChI=1S/C17H24N2O/c1-12(13-6-3-2-4-7-13)17(20)19-10-14-8-5-9-16(18)15(14)11-19/h2-4,6-7,12,14-16H,5,8-11,18H2,1H3. The van der Waals surface area contributed by atoms with Gasteiger partial charge in [-0.15, -0.1) is 0 Å². The maximum absolute atomic E-state index is 12.7. The zero-order chi connectivity index (χ0) is 14.1. The monoisotopic (exact) mass is 272 g/mol. The van der Waals surface area contributed by atoms with Crippen LogP contribution in [0.4, 0.5) is 0 Å². The highest BCUT2D eigenvalue weighted by Gasteiger charge is 2.41. The van der Waals surface area contributed by atoms with Gasteiger partial charge in [-0.25, -0.2) is 0 Å². The van der Waals surface area contributed by atoms with Crippen LogP contribution >= 0.6 is 0 Å². The molecule has 1 saturated heterocycles. The number of nitrogens with zero attached hydrogens (tertiary/aromatic N) is 1. The molecule has 1 aliphatic heterocycles. The number of benzene rings is 1. The van der Waals surface area contributed by atoms with Crippen LogP contribution < -0.4 is 5.73 Å². The quantitative estimate of drug-likeness (QED) is 0.898. The minimum Gasteiger partial charge on any atom is -0.342 e. The number of fused-ring (bicyclic) bond motifs is 1. The van der Waals surface area contributed by atoms with Gasteiger partial charge in [-0.1, -0.05) is 36.8 Å². The van der Waals surface area contributed by atoms with Crippen LogP contribution in [0.25, 0.3) is 0 Å². The predicted molar refractivity (Wildman–Crippen MR) is 80.2 cm³/mol. The van der Waals surface area contributed by atoms with Crippen molar-refractivity contribution in [3.63, 3.8) is 0 Å². The van der Waals surface area contributed by atoms with E-state index in [1.54, 1.807) is 0 Å². The van der Waals surface area contributed by atoms with E-state index >= 15 is 0 Å². The van der Waals surface area contributed by atoms with Crippen LogP contribution in [-0.4, -0.2) is 29.9 Å². The number of hydrogen-bond acceptors (Lipinski definition) is 2. The first kappa shape index (κ1) is 13.6. The fraction of sp³-hybridized carbons (Fsp3) is 0.588. The highest BCUT2D eigenvalue weighted by atomic mass is 16.2. The van der Waals surface area contributed by atoms with Gasteiger partial charge in [-0.2, -0.15) is 0 Å². The van der Waals surface area contributed by atoms with Crippen LogP contribution in [0.15, 0.2) is 30.3 Å². The summed E-state index contributed by atoms with van der Waals surface area (Å²) in [4.78, 5) is 14.7. The fourth-order valence-corrected chi connectivity index (χ4v) is 3.85. The van der Waals surface area contributed by atoms with E-state index in [1.807, 2.05) is 37.3 Å². The Labute approximate surface area is 121 Å². The summed E-state index contributed by atoms with van der Waals surface area (Å²) in [7, 11) is 0. The van der Waals surface area contributed by atoms with Crippen molar-refractivity contribution in [2.24, 2.45) is 17.6 Å². The summed E-state index contributed by atoms with van der Waals surface area (Å²) in [6.45, 7) is 3.79. The molecule has 3 heteroatoms. The molecule has 1 aromatic rings. The van der Waals surface area contributed by atoms with Crippen LogP contribution in [0, 0.1) is 11.8 Å². The summed E-state index contributed by atoms with van der Waals surface area (Å²) in [5.41, 5.74) is 7.34. The first-order valence-electron chi connectivity index (χ1n) is 7.76. The molecule has 1 saturated carbocycles. The molecule has 2 fully saturated rings. The number of hydrogen-bond donors (Lipinski definition) is 1. The molecule has 20 heavy (non-hydrogen) atoms. The van der Waals surface area contributed by atoms with Gasteiger partial charge in [-0.05, 0) is 37.2 Å². The maximum atomic E-state index is 12.7. The Morgan fingerprint density at radius 3 is 2.70 bits per heavy atom. The van der Waals surface area contributed by atoms with Gasteiger partial charge in [0.1, 0.15) is 0 Å². The molecule has 0 aromatic heterocycles. The SMILES string of the molecule is CC(C(=O)N1CC2CCCC(N)C2C1)c1ccccc1. The largest absolute Gasteiger partial charge is 0.342 e. The Hall–Kier alpha value is -1.35. The molecule has 1 heterocycles. The lowest BCUT2D eigenvalue weighted by molar-refractivity contribution is -0.131. The van der Waals surface area contributed by atoms with Crippen molar-refractivity contribution < 1.29 is 4.79 Å². The highest BCUT2D eigenvalue weighted by molar-refractivity contribution is 5.83. The molecule has 4 unspecified atom stereocenters. The zero-order valence-corrected chi connectivity index (χ0v) is 12.2. The Morgan fingerprint density at radius 2 is 2.00 bits per heavy atom. The molecule has 1 aliphatic carbocycles. The van der Waals surface area contributed by atoms with Gasteiger partial charge in [-0.3, -0.25) is 4.79 Å². The molecular formula is C17H24N2O. The van der Waals surface area contributed by atoms with E-state index in [0.717, 1.165) is 25.1 Å². The van der Waals surface area contributed by atoms with Crippen LogP contribution in [0.1, 0.15) is 37.7 Å². The number of nitrogens with two attached hydrogens (primary N) is 1. The summed E-state index contributed by atoms with van der Waals surface area (Å²) < 4.78 is 0. The third kappa shape index (κ3) is 2.47. The first-order chi connectivity index (χ1) is 9.66. The van der Waals surface area contributed by atoms with Gasteiger partial charge >= 0.3 is 0 Å². The van der Waals surface area contributed by atoms with Gasteiger partial charge in [0.05, 0.1) is 5.92 Å². The van der Waals surface area contributed by atoms with E-state index in [9.17, 15) is 4.79 Å². The lowest BCUT2D eigenvalue weighted by Crippen LogP contribution is -2.38. The van der Waals surface area contributed by atoms with E-state index in [2.05, 4.69) is 4.90 Å². The zero-order valence-electron chi connectivity index (χ0n) is 12.2. The Morgan fingerprint density at radius 1 is 1.25 bits per heavy atom. The average molecular weight is 272 g/mol. The van der Waals surface area contributed by atoms with Gasteiger partial charge in [0.2, 0.25) is 5.91 Å². The fourth-order valence-electron chi connectivity index (χ4n) is 3.85. The highest BCUT2D eigenvalue weighted by Crippen LogP contribution is 2.36. The Balaban J connectivity index is 1.69. The molecular weight excluding hydrogens is 248 g/mol. The molecule has 1 aromatic carbocycles. The van der Waals surface area contributed by atoms with Crippen LogP contribution in [-0.2, 0) is 4.79 Å². The van der Waals surface area contributed by atoms with Gasteiger partial charge in [0.25, 0.3) is 0 Å². The molecule has 1 amide bonds. The molecule has 2 N–H and O–H groups in total. The second-order valence-corrected chi connectivity index (χ2v) is 6.39. The second-order valence-electron chi connectivity index (χ2n) is 6.39. The molecule has 2 aliphatic rings. The van der Waals surface area contributed by atoms with Crippen molar-refractivity contribution in [2.45, 2.75) is 38.1 Å². The number of rotatable bonds is 2. The summed E-state index contributed by atoms with van der Waals surface area (Å²) in [5.74, 6) is 1.37. The van der Waals surface area contributed by atoms with Gasteiger partial charge in [0.15, 0.2) is 0 Å². The summed E-state index contributed by atoms with van der Waals surface area (Å²) in [6, 6.07) is 10.4. The molecule has 3 nitrogen and oxygen atoms in total. The van der Waals surface area contributed by atoms with Crippen molar-refractivity contribution >= 4 is 5.91 Å².